The van der Waals surface area contributed by atoms with Gasteiger partial charge in [0.2, 0.25) is 0 Å². The Morgan fingerprint density at radius 1 is 0.905 bits per heavy atom. The van der Waals surface area contributed by atoms with Gasteiger partial charge in [-0.1, -0.05) is 30.3 Å². The summed E-state index contributed by atoms with van der Waals surface area (Å²) >= 11 is 0. The molecule has 0 aliphatic carbocycles. The van der Waals surface area contributed by atoms with Crippen LogP contribution < -0.4 is 5.32 Å². The lowest BCUT2D eigenvalue weighted by Gasteiger charge is -2.19. The minimum Gasteiger partial charge on any atom is -0.469 e. The quantitative estimate of drug-likeness (QED) is 0.748. The minimum absolute atomic E-state index is 0.171. The molecule has 3 rings (SSSR count). The normalized spacial score (nSPS) is 12.2. The first-order chi connectivity index (χ1) is 10.4. The average molecular weight is 278 g/mol. The summed E-state index contributed by atoms with van der Waals surface area (Å²) in [6, 6.07) is 18.7. The highest BCUT2D eigenvalue weighted by Gasteiger charge is 2.12. The van der Waals surface area contributed by atoms with E-state index in [9.17, 15) is 0 Å². The maximum absolute atomic E-state index is 5.38. The smallest absolute Gasteiger partial charge is 0.105 e. The van der Waals surface area contributed by atoms with Crippen LogP contribution in [0.3, 0.4) is 0 Å². The number of aromatic nitrogens is 1. The second-order valence-electron chi connectivity index (χ2n) is 4.91. The Kier molecular flexibility index (Phi) is 4.44. The molecule has 0 bridgehead atoms. The lowest BCUT2D eigenvalue weighted by Crippen LogP contribution is -2.24. The van der Waals surface area contributed by atoms with Crippen LogP contribution in [0.4, 0.5) is 0 Å². The largest absolute Gasteiger partial charge is 0.469 e. The van der Waals surface area contributed by atoms with Gasteiger partial charge in [0, 0.05) is 25.4 Å². The third-order valence-electron chi connectivity index (χ3n) is 3.47. The number of hydrogen-bond acceptors (Lipinski definition) is 3. The molecule has 1 N–H and O–H groups in total. The second kappa shape index (κ2) is 6.86. The van der Waals surface area contributed by atoms with Gasteiger partial charge in [0.25, 0.3) is 0 Å². The van der Waals surface area contributed by atoms with Crippen molar-refractivity contribution in [2.24, 2.45) is 0 Å². The Morgan fingerprint density at radius 3 is 2.38 bits per heavy atom. The molecule has 2 heterocycles. The van der Waals surface area contributed by atoms with Crippen LogP contribution in [0.25, 0.3) is 0 Å². The highest BCUT2D eigenvalue weighted by molar-refractivity contribution is 5.30. The Hall–Kier alpha value is -2.39. The Morgan fingerprint density at radius 2 is 1.67 bits per heavy atom. The molecule has 106 valence electrons. The molecule has 0 saturated carbocycles. The summed E-state index contributed by atoms with van der Waals surface area (Å²) < 4.78 is 5.38. The first kappa shape index (κ1) is 13.6. The highest BCUT2D eigenvalue weighted by Crippen LogP contribution is 2.21. The predicted molar refractivity (Wildman–Crippen MR) is 82.9 cm³/mol. The van der Waals surface area contributed by atoms with Gasteiger partial charge < -0.3 is 9.73 Å². The molecule has 0 amide bonds. The van der Waals surface area contributed by atoms with E-state index in [0.29, 0.717) is 0 Å². The zero-order chi connectivity index (χ0) is 14.3. The maximum Gasteiger partial charge on any atom is 0.105 e. The fourth-order valence-corrected chi connectivity index (χ4v) is 2.42. The maximum atomic E-state index is 5.38. The second-order valence-corrected chi connectivity index (χ2v) is 4.91. The van der Waals surface area contributed by atoms with E-state index < -0.39 is 0 Å². The van der Waals surface area contributed by atoms with Crippen molar-refractivity contribution >= 4 is 0 Å². The molecule has 1 atom stereocenters. The molecule has 0 fully saturated rings. The van der Waals surface area contributed by atoms with E-state index in [-0.39, 0.29) is 6.04 Å². The summed E-state index contributed by atoms with van der Waals surface area (Å²) in [6.07, 6.45) is 6.26. The van der Waals surface area contributed by atoms with Crippen LogP contribution >= 0.6 is 0 Å². The molecule has 0 saturated heterocycles. The molecule has 3 heteroatoms. The summed E-state index contributed by atoms with van der Waals surface area (Å²) in [6.45, 7) is 0.857. The fourth-order valence-electron chi connectivity index (χ4n) is 2.42. The van der Waals surface area contributed by atoms with Gasteiger partial charge in [-0.05, 0) is 35.4 Å². The van der Waals surface area contributed by atoms with Crippen molar-refractivity contribution in [2.45, 2.75) is 12.5 Å². The van der Waals surface area contributed by atoms with Crippen molar-refractivity contribution < 1.29 is 4.42 Å². The summed E-state index contributed by atoms with van der Waals surface area (Å²) in [5.41, 5.74) is 2.47. The Labute approximate surface area is 124 Å². The molecule has 0 aliphatic rings. The number of benzene rings is 1. The van der Waals surface area contributed by atoms with Crippen LogP contribution in [0.15, 0.2) is 77.7 Å². The number of nitrogens with zero attached hydrogens (tertiary/aromatic N) is 1. The van der Waals surface area contributed by atoms with Crippen molar-refractivity contribution in [3.05, 3.63) is 90.1 Å². The lowest BCUT2D eigenvalue weighted by atomic mass is 9.99. The van der Waals surface area contributed by atoms with E-state index in [0.717, 1.165) is 18.7 Å². The molecule has 2 aromatic heterocycles. The van der Waals surface area contributed by atoms with Crippen LogP contribution in [0.2, 0.25) is 0 Å². The van der Waals surface area contributed by atoms with Gasteiger partial charge in [-0.3, -0.25) is 4.98 Å². The standard InChI is InChI=1S/C18H18N2O/c1-2-5-15(6-3-1)18(16-8-11-19-12-9-16)20-13-10-17-7-4-14-21-17/h1-9,11-12,14,18,20H,10,13H2. The van der Waals surface area contributed by atoms with Gasteiger partial charge in [0.15, 0.2) is 0 Å². The van der Waals surface area contributed by atoms with Crippen molar-refractivity contribution in [3.8, 4) is 0 Å². The minimum atomic E-state index is 0.171. The third-order valence-corrected chi connectivity index (χ3v) is 3.47. The third kappa shape index (κ3) is 3.58. The summed E-state index contributed by atoms with van der Waals surface area (Å²) in [7, 11) is 0. The molecular weight excluding hydrogens is 260 g/mol. The molecule has 1 unspecified atom stereocenters. The number of pyridine rings is 1. The SMILES string of the molecule is c1ccc(C(NCCc2ccco2)c2ccncc2)cc1. The van der Waals surface area contributed by atoms with E-state index in [2.05, 4.69) is 46.7 Å². The molecule has 21 heavy (non-hydrogen) atoms. The first-order valence-corrected chi connectivity index (χ1v) is 7.14. The van der Waals surface area contributed by atoms with E-state index in [4.69, 9.17) is 4.42 Å². The first-order valence-electron chi connectivity index (χ1n) is 7.14. The van der Waals surface area contributed by atoms with Gasteiger partial charge in [-0.2, -0.15) is 0 Å². The zero-order valence-corrected chi connectivity index (χ0v) is 11.8. The average Bonchev–Trinajstić information content (AvgIpc) is 3.07. The molecule has 0 radical (unpaired) electrons. The van der Waals surface area contributed by atoms with Crippen molar-refractivity contribution in [1.29, 1.82) is 0 Å². The molecular formula is C18H18N2O. The van der Waals surface area contributed by atoms with E-state index in [1.165, 1.54) is 11.1 Å². The monoisotopic (exact) mass is 278 g/mol. The van der Waals surface area contributed by atoms with Gasteiger partial charge in [-0.25, -0.2) is 0 Å². The highest BCUT2D eigenvalue weighted by atomic mass is 16.3. The summed E-state index contributed by atoms with van der Waals surface area (Å²) in [5, 5.41) is 3.60. The molecule has 3 nitrogen and oxygen atoms in total. The van der Waals surface area contributed by atoms with Crippen LogP contribution in [0.5, 0.6) is 0 Å². The number of hydrogen-bond donors (Lipinski definition) is 1. The molecule has 1 aromatic carbocycles. The Bertz CT molecular complexity index is 596. The van der Waals surface area contributed by atoms with Gasteiger partial charge in [0.1, 0.15) is 5.76 Å². The molecule has 3 aromatic rings. The zero-order valence-electron chi connectivity index (χ0n) is 11.8. The summed E-state index contributed by atoms with van der Waals surface area (Å²) in [4.78, 5) is 4.10. The molecule has 0 aliphatic heterocycles. The molecule has 0 spiro atoms. The van der Waals surface area contributed by atoms with Crippen LogP contribution in [-0.2, 0) is 6.42 Å². The van der Waals surface area contributed by atoms with Crippen molar-refractivity contribution in [2.75, 3.05) is 6.54 Å². The number of nitrogens with one attached hydrogen (secondary N) is 1. The topological polar surface area (TPSA) is 38.1 Å². The Balaban J connectivity index is 1.73. The summed E-state index contributed by atoms with van der Waals surface area (Å²) in [5.74, 6) is 1.00. The van der Waals surface area contributed by atoms with Crippen LogP contribution in [0.1, 0.15) is 22.9 Å². The van der Waals surface area contributed by atoms with Gasteiger partial charge in [0.05, 0.1) is 12.3 Å². The van der Waals surface area contributed by atoms with Gasteiger partial charge in [-0.15, -0.1) is 0 Å². The fraction of sp³-hybridized carbons (Fsp3) is 0.167. The number of rotatable bonds is 6. The van der Waals surface area contributed by atoms with Gasteiger partial charge >= 0.3 is 0 Å². The lowest BCUT2D eigenvalue weighted by molar-refractivity contribution is 0.491. The van der Waals surface area contributed by atoms with Crippen LogP contribution in [-0.4, -0.2) is 11.5 Å². The van der Waals surface area contributed by atoms with E-state index in [1.54, 1.807) is 6.26 Å². The van der Waals surface area contributed by atoms with Crippen LogP contribution in [0, 0.1) is 0 Å². The van der Waals surface area contributed by atoms with E-state index >= 15 is 0 Å². The van der Waals surface area contributed by atoms with Crippen molar-refractivity contribution in [3.63, 3.8) is 0 Å². The van der Waals surface area contributed by atoms with Crippen molar-refractivity contribution in [1.82, 2.24) is 10.3 Å². The predicted octanol–water partition coefficient (Wildman–Crippen LogP) is 3.60. The number of furan rings is 1. The van der Waals surface area contributed by atoms with E-state index in [1.807, 2.05) is 30.6 Å².